The van der Waals surface area contributed by atoms with Crippen LogP contribution in [-0.2, 0) is 11.2 Å². The van der Waals surface area contributed by atoms with E-state index in [1.54, 1.807) is 27.4 Å². The molecule has 0 unspecified atom stereocenters. The molecule has 1 aliphatic rings. The molecule has 0 radical (unpaired) electrons. The van der Waals surface area contributed by atoms with E-state index in [4.69, 9.17) is 14.2 Å². The SMILES string of the molecule is COc1cc2c(c(OC)c1OC)C(Br)=CC(=O)CC2. The highest BCUT2D eigenvalue weighted by Crippen LogP contribution is 2.47. The van der Waals surface area contributed by atoms with Crippen molar-refractivity contribution in [1.82, 2.24) is 0 Å². The summed E-state index contributed by atoms with van der Waals surface area (Å²) in [6.07, 6.45) is 2.71. The van der Waals surface area contributed by atoms with Gasteiger partial charge in [-0.15, -0.1) is 0 Å². The van der Waals surface area contributed by atoms with Crippen LogP contribution in [0.5, 0.6) is 17.2 Å². The molecule has 0 N–H and O–H groups in total. The van der Waals surface area contributed by atoms with Gasteiger partial charge in [0.05, 0.1) is 21.3 Å². The zero-order valence-corrected chi connectivity index (χ0v) is 12.7. The molecule has 2 rings (SSSR count). The average Bonchev–Trinajstić information content (AvgIpc) is 2.55. The van der Waals surface area contributed by atoms with Crippen LogP contribution in [-0.4, -0.2) is 27.1 Å². The molecule has 0 saturated heterocycles. The van der Waals surface area contributed by atoms with Crippen LogP contribution in [0, 0.1) is 0 Å². The summed E-state index contributed by atoms with van der Waals surface area (Å²) >= 11 is 3.44. The first kappa shape index (κ1) is 13.9. The molecule has 19 heavy (non-hydrogen) atoms. The molecule has 0 heterocycles. The predicted octanol–water partition coefficient (Wildman–Crippen LogP) is 2.96. The minimum absolute atomic E-state index is 0.0862. The minimum atomic E-state index is 0.0862. The van der Waals surface area contributed by atoms with Gasteiger partial charge in [-0.3, -0.25) is 4.79 Å². The van der Waals surface area contributed by atoms with E-state index in [0.717, 1.165) is 11.1 Å². The van der Waals surface area contributed by atoms with Gasteiger partial charge in [-0.25, -0.2) is 0 Å². The van der Waals surface area contributed by atoms with Gasteiger partial charge in [0.2, 0.25) is 5.75 Å². The Morgan fingerprint density at radius 1 is 1.05 bits per heavy atom. The van der Waals surface area contributed by atoms with E-state index in [-0.39, 0.29) is 5.78 Å². The first-order valence-electron chi connectivity index (χ1n) is 5.84. The smallest absolute Gasteiger partial charge is 0.203 e. The number of halogens is 1. The zero-order valence-electron chi connectivity index (χ0n) is 11.1. The van der Waals surface area contributed by atoms with Crippen molar-refractivity contribution in [1.29, 1.82) is 0 Å². The summed E-state index contributed by atoms with van der Waals surface area (Å²) in [6, 6.07) is 1.89. The van der Waals surface area contributed by atoms with E-state index >= 15 is 0 Å². The Morgan fingerprint density at radius 2 is 1.74 bits per heavy atom. The van der Waals surface area contributed by atoms with E-state index in [0.29, 0.717) is 34.6 Å². The molecule has 1 aromatic rings. The third kappa shape index (κ3) is 2.47. The molecule has 4 nitrogen and oxygen atoms in total. The Morgan fingerprint density at radius 3 is 2.32 bits per heavy atom. The third-order valence-corrected chi connectivity index (χ3v) is 3.70. The third-order valence-electron chi connectivity index (χ3n) is 3.08. The second-order valence-electron chi connectivity index (χ2n) is 4.14. The molecule has 5 heteroatoms. The van der Waals surface area contributed by atoms with Crippen molar-refractivity contribution in [2.45, 2.75) is 12.8 Å². The molecule has 102 valence electrons. The van der Waals surface area contributed by atoms with Gasteiger partial charge < -0.3 is 14.2 Å². The van der Waals surface area contributed by atoms with Gasteiger partial charge >= 0.3 is 0 Å². The maximum Gasteiger partial charge on any atom is 0.203 e. The highest BCUT2D eigenvalue weighted by molar-refractivity contribution is 9.15. The average molecular weight is 327 g/mol. The monoisotopic (exact) mass is 326 g/mol. The molecule has 1 aliphatic carbocycles. The Hall–Kier alpha value is -1.49. The summed E-state index contributed by atoms with van der Waals surface area (Å²) in [7, 11) is 4.72. The number of allylic oxidation sites excluding steroid dienone is 1. The number of fused-ring (bicyclic) bond motifs is 1. The fraction of sp³-hybridized carbons (Fsp3) is 0.357. The van der Waals surface area contributed by atoms with Crippen LogP contribution in [0.4, 0.5) is 0 Å². The topological polar surface area (TPSA) is 44.8 Å². The second-order valence-corrected chi connectivity index (χ2v) is 4.99. The molecule has 0 saturated carbocycles. The minimum Gasteiger partial charge on any atom is -0.493 e. The van der Waals surface area contributed by atoms with Crippen molar-refractivity contribution in [3.8, 4) is 17.2 Å². The number of benzene rings is 1. The number of methoxy groups -OCH3 is 3. The first-order chi connectivity index (χ1) is 9.12. The van der Waals surface area contributed by atoms with E-state index in [1.165, 1.54) is 0 Å². The number of rotatable bonds is 3. The summed E-state index contributed by atoms with van der Waals surface area (Å²) < 4.78 is 16.8. The van der Waals surface area contributed by atoms with Gasteiger partial charge in [-0.1, -0.05) is 0 Å². The molecular formula is C14H15BrO4. The normalized spacial score (nSPS) is 14.3. The van der Waals surface area contributed by atoms with Crippen LogP contribution in [0.3, 0.4) is 0 Å². The van der Waals surface area contributed by atoms with Crippen molar-refractivity contribution in [2.75, 3.05) is 21.3 Å². The maximum absolute atomic E-state index is 11.7. The summed E-state index contributed by atoms with van der Waals surface area (Å²) in [5.41, 5.74) is 1.86. The van der Waals surface area contributed by atoms with Crippen LogP contribution in [0.25, 0.3) is 4.48 Å². The van der Waals surface area contributed by atoms with Gasteiger partial charge in [0, 0.05) is 16.5 Å². The van der Waals surface area contributed by atoms with Crippen LogP contribution in [0.15, 0.2) is 12.1 Å². The predicted molar refractivity (Wildman–Crippen MR) is 76.3 cm³/mol. The Bertz CT molecular complexity index is 549. The Labute approximate surface area is 120 Å². The van der Waals surface area contributed by atoms with Gasteiger partial charge in [0.15, 0.2) is 17.3 Å². The number of aryl methyl sites for hydroxylation is 1. The van der Waals surface area contributed by atoms with Crippen molar-refractivity contribution in [3.63, 3.8) is 0 Å². The van der Waals surface area contributed by atoms with E-state index < -0.39 is 0 Å². The number of carbonyl (C=O) groups is 1. The fourth-order valence-electron chi connectivity index (χ4n) is 2.21. The molecular weight excluding hydrogens is 312 g/mol. The molecule has 0 amide bonds. The molecule has 0 aliphatic heterocycles. The fourth-order valence-corrected chi connectivity index (χ4v) is 2.90. The molecule has 0 spiro atoms. The standard InChI is InChI=1S/C14H15BrO4/c1-17-11-6-8-4-5-9(16)7-10(15)12(8)14(19-3)13(11)18-2/h6-7H,4-5H2,1-3H3. The lowest BCUT2D eigenvalue weighted by atomic mass is 10.0. The van der Waals surface area contributed by atoms with E-state index in [9.17, 15) is 4.79 Å². The molecule has 1 aromatic carbocycles. The lowest BCUT2D eigenvalue weighted by Crippen LogP contribution is -2.01. The molecule has 0 fully saturated rings. The number of hydrogen-bond donors (Lipinski definition) is 0. The Balaban J connectivity index is 2.74. The highest BCUT2D eigenvalue weighted by atomic mass is 79.9. The van der Waals surface area contributed by atoms with Gasteiger partial charge in [-0.05, 0) is 40.1 Å². The lowest BCUT2D eigenvalue weighted by Gasteiger charge is -2.18. The van der Waals surface area contributed by atoms with E-state index in [1.807, 2.05) is 6.07 Å². The second kappa shape index (κ2) is 5.65. The highest BCUT2D eigenvalue weighted by Gasteiger charge is 2.24. The summed E-state index contributed by atoms with van der Waals surface area (Å²) in [5.74, 6) is 1.80. The first-order valence-corrected chi connectivity index (χ1v) is 6.64. The van der Waals surface area contributed by atoms with Crippen LogP contribution in [0.1, 0.15) is 17.5 Å². The van der Waals surface area contributed by atoms with Gasteiger partial charge in [0.1, 0.15) is 0 Å². The summed E-state index contributed by atoms with van der Waals surface area (Å²) in [6.45, 7) is 0. The van der Waals surface area contributed by atoms with Gasteiger partial charge in [-0.2, -0.15) is 0 Å². The molecule has 0 atom stereocenters. The van der Waals surface area contributed by atoms with E-state index in [2.05, 4.69) is 15.9 Å². The summed E-state index contributed by atoms with van der Waals surface area (Å²) in [4.78, 5) is 11.7. The van der Waals surface area contributed by atoms with Crippen molar-refractivity contribution < 1.29 is 19.0 Å². The van der Waals surface area contributed by atoms with Crippen LogP contribution >= 0.6 is 15.9 Å². The van der Waals surface area contributed by atoms with Crippen molar-refractivity contribution in [3.05, 3.63) is 23.3 Å². The van der Waals surface area contributed by atoms with Crippen LogP contribution < -0.4 is 14.2 Å². The van der Waals surface area contributed by atoms with Gasteiger partial charge in [0.25, 0.3) is 0 Å². The quantitative estimate of drug-likeness (QED) is 0.856. The largest absolute Gasteiger partial charge is 0.493 e. The number of hydrogen-bond acceptors (Lipinski definition) is 4. The van der Waals surface area contributed by atoms with Crippen molar-refractivity contribution in [2.24, 2.45) is 0 Å². The van der Waals surface area contributed by atoms with Crippen molar-refractivity contribution >= 4 is 26.2 Å². The lowest BCUT2D eigenvalue weighted by molar-refractivity contribution is -0.114. The zero-order chi connectivity index (χ0) is 14.0. The number of carbonyl (C=O) groups excluding carboxylic acids is 1. The number of ether oxygens (including phenoxy) is 3. The summed E-state index contributed by atoms with van der Waals surface area (Å²) in [5, 5.41) is 0. The maximum atomic E-state index is 11.7. The Kier molecular flexibility index (Phi) is 4.14. The number of ketones is 1. The molecule has 0 aromatic heterocycles. The molecule has 0 bridgehead atoms. The van der Waals surface area contributed by atoms with Crippen LogP contribution in [0.2, 0.25) is 0 Å².